The summed E-state index contributed by atoms with van der Waals surface area (Å²) >= 11 is 0. The van der Waals surface area contributed by atoms with E-state index in [9.17, 15) is 13.2 Å². The number of unbranched alkanes of at least 4 members (excludes halogenated alkanes) is 1. The molecule has 0 rings (SSSR count). The second kappa shape index (κ2) is 7.64. The van der Waals surface area contributed by atoms with Crippen LogP contribution in [0.25, 0.3) is 0 Å². The predicted molar refractivity (Wildman–Crippen MR) is 56.1 cm³/mol. The Hall–Kier alpha value is -0.620. The van der Waals surface area contributed by atoms with Gasteiger partial charge in [-0.05, 0) is 12.8 Å². The van der Waals surface area contributed by atoms with E-state index in [1.807, 2.05) is 6.92 Å². The van der Waals surface area contributed by atoms with Crippen LogP contribution >= 0.6 is 0 Å². The molecule has 0 aliphatic carbocycles. The van der Waals surface area contributed by atoms with E-state index in [1.54, 1.807) is 6.92 Å². The van der Waals surface area contributed by atoms with Gasteiger partial charge in [0, 0.05) is 0 Å². The lowest BCUT2D eigenvalue weighted by Crippen LogP contribution is -2.20. The van der Waals surface area contributed by atoms with Crippen molar-refractivity contribution in [3.63, 3.8) is 0 Å². The molecule has 0 aromatic rings. The van der Waals surface area contributed by atoms with Crippen LogP contribution in [0.3, 0.4) is 0 Å². The van der Waals surface area contributed by atoms with Gasteiger partial charge in [-0.25, -0.2) is 8.42 Å². The minimum absolute atomic E-state index is 0.235. The Morgan fingerprint density at radius 3 is 2.47 bits per heavy atom. The summed E-state index contributed by atoms with van der Waals surface area (Å²) in [5.74, 6) is -1.51. The Morgan fingerprint density at radius 2 is 2.07 bits per heavy atom. The van der Waals surface area contributed by atoms with Gasteiger partial charge < -0.3 is 5.11 Å². The molecule has 0 aromatic carbocycles. The molecule has 0 bridgehead atoms. The van der Waals surface area contributed by atoms with Crippen LogP contribution in [0, 0.1) is 5.92 Å². The molecule has 0 aliphatic rings. The number of carboxylic acid groups (broad SMARTS) is 1. The summed E-state index contributed by atoms with van der Waals surface area (Å²) in [5.41, 5.74) is 0. The highest BCUT2D eigenvalue weighted by molar-refractivity contribution is 7.67. The zero-order chi connectivity index (χ0) is 11.8. The summed E-state index contributed by atoms with van der Waals surface area (Å²) in [5, 5.41) is 8.68. The minimum Gasteiger partial charge on any atom is -0.481 e. The van der Waals surface area contributed by atoms with Crippen molar-refractivity contribution in [2.24, 2.45) is 5.92 Å². The molecule has 15 heavy (non-hydrogen) atoms. The molecule has 0 radical (unpaired) electrons. The quantitative estimate of drug-likeness (QED) is 0.621. The van der Waals surface area contributed by atoms with Gasteiger partial charge in [-0.1, -0.05) is 26.7 Å². The molecule has 0 aromatic heterocycles. The fourth-order valence-electron chi connectivity index (χ4n) is 1.26. The lowest BCUT2D eigenvalue weighted by atomic mass is 10.0. The highest BCUT2D eigenvalue weighted by Crippen LogP contribution is 2.15. The first-order chi connectivity index (χ1) is 6.97. The summed E-state index contributed by atoms with van der Waals surface area (Å²) in [4.78, 5) is 10.6. The third-order valence-corrected chi connectivity index (χ3v) is 2.62. The van der Waals surface area contributed by atoms with E-state index in [2.05, 4.69) is 4.18 Å². The second-order valence-electron chi connectivity index (χ2n) is 3.57. The maximum Gasteiger partial charge on any atom is 0.306 e. The monoisotopic (exact) mass is 238 g/mol. The van der Waals surface area contributed by atoms with E-state index < -0.39 is 29.0 Å². The molecule has 1 N–H and O–H groups in total. The molecule has 2 atom stereocenters. The van der Waals surface area contributed by atoms with Gasteiger partial charge >= 0.3 is 5.97 Å². The average molecular weight is 238 g/mol. The number of carbonyl (C=O) groups is 1. The first kappa shape index (κ1) is 14.4. The van der Waals surface area contributed by atoms with Gasteiger partial charge in [-0.3, -0.25) is 8.98 Å². The van der Waals surface area contributed by atoms with Gasteiger partial charge in [0.2, 0.25) is 0 Å². The Bertz CT molecular complexity index is 253. The Kier molecular flexibility index (Phi) is 7.33. The molecular weight excluding hydrogens is 220 g/mol. The normalized spacial score (nSPS) is 15.1. The number of hydrogen-bond acceptors (Lipinski definition) is 4. The van der Waals surface area contributed by atoms with Crippen LogP contribution in [0.5, 0.6) is 0 Å². The Labute approximate surface area is 91.6 Å². The van der Waals surface area contributed by atoms with Gasteiger partial charge in [0.1, 0.15) is 0 Å². The van der Waals surface area contributed by atoms with Crippen molar-refractivity contribution in [2.75, 3.05) is 0 Å². The van der Waals surface area contributed by atoms with Gasteiger partial charge in [0.25, 0.3) is 11.0 Å². The molecular formula is C9H18O5S. The molecule has 5 nitrogen and oxygen atoms in total. The van der Waals surface area contributed by atoms with Crippen molar-refractivity contribution >= 4 is 17.0 Å². The van der Waals surface area contributed by atoms with Gasteiger partial charge in [-0.2, -0.15) is 0 Å². The van der Waals surface area contributed by atoms with Gasteiger partial charge in [0.05, 0.1) is 12.0 Å². The molecule has 6 heteroatoms. The number of thiol groups is 1. The molecule has 0 aliphatic heterocycles. The average Bonchev–Trinajstić information content (AvgIpc) is 2.13. The highest BCUT2D eigenvalue weighted by Gasteiger charge is 2.19. The van der Waals surface area contributed by atoms with Crippen molar-refractivity contribution in [2.45, 2.75) is 45.6 Å². The van der Waals surface area contributed by atoms with Crippen LogP contribution in [-0.2, 0) is 20.0 Å². The van der Waals surface area contributed by atoms with Crippen LogP contribution < -0.4 is 0 Å². The van der Waals surface area contributed by atoms with E-state index >= 15 is 0 Å². The summed E-state index contributed by atoms with van der Waals surface area (Å²) in [6, 6.07) is 0. The summed E-state index contributed by atoms with van der Waals surface area (Å²) in [6.45, 7) is 3.53. The number of aliphatic carboxylic acids is 1. The molecule has 2 unspecified atom stereocenters. The highest BCUT2D eigenvalue weighted by atomic mass is 32.2. The molecule has 0 heterocycles. The lowest BCUT2D eigenvalue weighted by Gasteiger charge is -2.15. The molecule has 0 spiro atoms. The van der Waals surface area contributed by atoms with Crippen LogP contribution in [0.1, 0.15) is 39.5 Å². The van der Waals surface area contributed by atoms with Crippen molar-refractivity contribution in [3.8, 4) is 0 Å². The zero-order valence-electron chi connectivity index (χ0n) is 9.01. The zero-order valence-corrected chi connectivity index (χ0v) is 9.90. The first-order valence-electron chi connectivity index (χ1n) is 5.01. The van der Waals surface area contributed by atoms with E-state index in [0.717, 1.165) is 12.8 Å². The summed E-state index contributed by atoms with van der Waals surface area (Å²) < 4.78 is 25.4. The van der Waals surface area contributed by atoms with Crippen LogP contribution in [0.2, 0.25) is 0 Å². The van der Waals surface area contributed by atoms with E-state index in [4.69, 9.17) is 5.11 Å². The predicted octanol–water partition coefficient (Wildman–Crippen LogP) is 1.20. The molecule has 0 saturated carbocycles. The summed E-state index contributed by atoms with van der Waals surface area (Å²) in [7, 11) is -2.90. The topological polar surface area (TPSA) is 80.7 Å². The largest absolute Gasteiger partial charge is 0.481 e. The molecule has 90 valence electrons. The van der Waals surface area contributed by atoms with E-state index in [1.165, 1.54) is 0 Å². The van der Waals surface area contributed by atoms with Crippen molar-refractivity contribution in [1.82, 2.24) is 0 Å². The molecule has 0 fully saturated rings. The van der Waals surface area contributed by atoms with Crippen LogP contribution in [-0.4, -0.2) is 25.6 Å². The van der Waals surface area contributed by atoms with Crippen molar-refractivity contribution in [3.05, 3.63) is 0 Å². The SMILES string of the molecule is CCCCC(CC(C)C(=O)O)O[SH](=O)=O. The smallest absolute Gasteiger partial charge is 0.306 e. The third kappa shape index (κ3) is 7.33. The number of hydrogen-bond donors (Lipinski definition) is 2. The van der Waals surface area contributed by atoms with E-state index in [0.29, 0.717) is 6.42 Å². The standard InChI is InChI=1S/C9H18O5S/c1-3-4-5-8(14-15(12)13)6-7(2)9(10)11/h7-8,15H,3-6H2,1-2H3,(H,10,11). The maximum absolute atomic E-state index is 10.6. The molecule has 0 amide bonds. The Balaban J connectivity index is 4.16. The van der Waals surface area contributed by atoms with E-state index in [-0.39, 0.29) is 6.42 Å². The molecule has 0 saturated heterocycles. The van der Waals surface area contributed by atoms with Crippen LogP contribution in [0.4, 0.5) is 0 Å². The third-order valence-electron chi connectivity index (χ3n) is 2.15. The van der Waals surface area contributed by atoms with Crippen molar-refractivity contribution < 1.29 is 22.5 Å². The Morgan fingerprint density at radius 1 is 1.47 bits per heavy atom. The fraction of sp³-hybridized carbons (Fsp3) is 0.889. The minimum atomic E-state index is -2.90. The number of rotatable bonds is 8. The van der Waals surface area contributed by atoms with Gasteiger partial charge in [-0.15, -0.1) is 0 Å². The lowest BCUT2D eigenvalue weighted by molar-refractivity contribution is -0.142. The van der Waals surface area contributed by atoms with Gasteiger partial charge in [0.15, 0.2) is 0 Å². The second-order valence-corrected chi connectivity index (χ2v) is 4.23. The number of carboxylic acids is 1. The van der Waals surface area contributed by atoms with Crippen LogP contribution in [0.15, 0.2) is 0 Å². The first-order valence-corrected chi connectivity index (χ1v) is 6.10. The maximum atomic E-state index is 10.6. The summed E-state index contributed by atoms with van der Waals surface area (Å²) in [6.07, 6.45) is 2.07. The fourth-order valence-corrected chi connectivity index (χ4v) is 1.70. The van der Waals surface area contributed by atoms with Crippen molar-refractivity contribution in [1.29, 1.82) is 0 Å².